The van der Waals surface area contributed by atoms with Crippen molar-refractivity contribution in [2.45, 2.75) is 119 Å². The van der Waals surface area contributed by atoms with E-state index < -0.39 is 29.1 Å². The first-order chi connectivity index (χ1) is 22.5. The zero-order valence-electron chi connectivity index (χ0n) is 31.4. The minimum absolute atomic E-state index is 0. The molecule has 0 bridgehead atoms. The van der Waals surface area contributed by atoms with Crippen molar-refractivity contribution >= 4 is 27.5 Å². The summed E-state index contributed by atoms with van der Waals surface area (Å²) < 4.78 is 37.3. The predicted molar refractivity (Wildman–Crippen MR) is 197 cm³/mol. The third kappa shape index (κ3) is 9.25. The summed E-state index contributed by atoms with van der Waals surface area (Å²) in [6.45, 7) is 20.9. The SMILES string of the molecule is CC(C)C(=O)/C=C(\O)C(C)(C)C(F)(F)F.Cc1cc(C)c2c(C3CCC(C)(C)CC3)cc(-c3[c-]c4ccccc4c(C(C)(C)C)c3)nc2c1.[Ir]. The number of allylic oxidation sites excluding steroid dienone is 2. The van der Waals surface area contributed by atoms with E-state index in [-0.39, 0.29) is 25.5 Å². The Hall–Kier alpha value is -3.02. The average Bonchev–Trinajstić information content (AvgIpc) is 2.99. The number of pyridine rings is 1. The number of halogens is 3. The number of hydrogen-bond acceptors (Lipinski definition) is 3. The van der Waals surface area contributed by atoms with Crippen molar-refractivity contribution in [3.8, 4) is 11.3 Å². The molecular weight excluding hydrogens is 812 g/mol. The van der Waals surface area contributed by atoms with E-state index in [1.165, 1.54) is 64.1 Å². The Labute approximate surface area is 310 Å². The van der Waals surface area contributed by atoms with Gasteiger partial charge in [0.2, 0.25) is 0 Å². The van der Waals surface area contributed by atoms with Gasteiger partial charge in [0.05, 0.1) is 5.52 Å². The van der Waals surface area contributed by atoms with Crippen LogP contribution in [0.4, 0.5) is 13.2 Å². The van der Waals surface area contributed by atoms with Crippen molar-refractivity contribution in [1.29, 1.82) is 0 Å². The van der Waals surface area contributed by atoms with Crippen LogP contribution in [0.2, 0.25) is 0 Å². The number of hydrogen-bond donors (Lipinski definition) is 1. The fourth-order valence-electron chi connectivity index (χ4n) is 6.58. The number of ketones is 1. The molecule has 1 aliphatic carbocycles. The molecule has 0 atom stereocenters. The van der Waals surface area contributed by atoms with E-state index in [0.717, 1.165) is 30.6 Å². The van der Waals surface area contributed by atoms with Crippen LogP contribution < -0.4 is 0 Å². The molecule has 0 amide bonds. The Morgan fingerprint density at radius 2 is 1.58 bits per heavy atom. The van der Waals surface area contributed by atoms with Gasteiger partial charge in [-0.3, -0.25) is 9.78 Å². The van der Waals surface area contributed by atoms with E-state index in [9.17, 15) is 23.1 Å². The van der Waals surface area contributed by atoms with Gasteiger partial charge >= 0.3 is 6.18 Å². The molecule has 0 unspecified atom stereocenters. The van der Waals surface area contributed by atoms with Gasteiger partial charge in [0, 0.05) is 43.2 Å². The first-order valence-electron chi connectivity index (χ1n) is 17.4. The van der Waals surface area contributed by atoms with Crippen molar-refractivity contribution < 1.29 is 43.2 Å². The molecule has 1 heterocycles. The molecule has 3 nitrogen and oxygen atoms in total. The van der Waals surface area contributed by atoms with E-state index in [4.69, 9.17) is 4.98 Å². The second-order valence-electron chi connectivity index (χ2n) is 16.6. The topological polar surface area (TPSA) is 50.2 Å². The van der Waals surface area contributed by atoms with Crippen LogP contribution in [0.3, 0.4) is 0 Å². The van der Waals surface area contributed by atoms with Crippen LogP contribution in [0.25, 0.3) is 32.9 Å². The molecule has 0 saturated heterocycles. The molecular formula is C43H53F3IrNO2-. The number of aromatic nitrogens is 1. The Kier molecular flexibility index (Phi) is 12.7. The molecule has 1 aliphatic rings. The molecule has 5 rings (SSSR count). The third-order valence-corrected chi connectivity index (χ3v) is 10.1. The second-order valence-corrected chi connectivity index (χ2v) is 16.6. The van der Waals surface area contributed by atoms with E-state index in [0.29, 0.717) is 17.4 Å². The number of rotatable bonds is 5. The van der Waals surface area contributed by atoms with Crippen LogP contribution in [0.5, 0.6) is 0 Å². The summed E-state index contributed by atoms with van der Waals surface area (Å²) in [6, 6.07) is 21.7. The van der Waals surface area contributed by atoms with E-state index in [1.807, 2.05) is 0 Å². The molecule has 1 fully saturated rings. The molecule has 1 N–H and O–H groups in total. The van der Waals surface area contributed by atoms with Crippen molar-refractivity contribution in [2.24, 2.45) is 16.7 Å². The molecule has 1 radical (unpaired) electrons. The van der Waals surface area contributed by atoms with Gasteiger partial charge in [0.1, 0.15) is 11.2 Å². The van der Waals surface area contributed by atoms with Crippen molar-refractivity contribution in [3.63, 3.8) is 0 Å². The van der Waals surface area contributed by atoms with E-state index in [1.54, 1.807) is 13.8 Å². The Bertz CT molecular complexity index is 1870. The first-order valence-corrected chi connectivity index (χ1v) is 17.4. The van der Waals surface area contributed by atoms with E-state index in [2.05, 4.69) is 103 Å². The number of nitrogens with zero attached hydrogens (tertiary/aromatic N) is 1. The van der Waals surface area contributed by atoms with Gasteiger partial charge in [-0.2, -0.15) is 13.2 Å². The summed E-state index contributed by atoms with van der Waals surface area (Å²) in [4.78, 5) is 16.4. The molecule has 0 spiro atoms. The second kappa shape index (κ2) is 15.3. The van der Waals surface area contributed by atoms with Crippen molar-refractivity contribution in [2.75, 3.05) is 0 Å². The minimum Gasteiger partial charge on any atom is -0.511 e. The largest absolute Gasteiger partial charge is 0.511 e. The smallest absolute Gasteiger partial charge is 0.400 e. The van der Waals surface area contributed by atoms with Gasteiger partial charge in [-0.15, -0.1) is 29.1 Å². The number of fused-ring (bicyclic) bond motifs is 2. The van der Waals surface area contributed by atoms with Gasteiger partial charge in [-0.05, 0) is 92.9 Å². The maximum absolute atomic E-state index is 12.4. The minimum atomic E-state index is -4.58. The zero-order valence-corrected chi connectivity index (χ0v) is 33.8. The number of carbonyl (C=O) groups excluding carboxylic acids is 1. The normalized spacial score (nSPS) is 15.9. The maximum atomic E-state index is 12.4. The Morgan fingerprint density at radius 3 is 2.14 bits per heavy atom. The average molecular weight is 865 g/mol. The Morgan fingerprint density at radius 1 is 0.980 bits per heavy atom. The van der Waals surface area contributed by atoms with Gasteiger partial charge in [0.25, 0.3) is 0 Å². The molecule has 1 saturated carbocycles. The van der Waals surface area contributed by atoms with Gasteiger partial charge < -0.3 is 5.11 Å². The number of aryl methyl sites for hydroxylation is 2. The standard InChI is InChI=1S/C33H38N.C10H15F3O2.Ir/c1-21-16-22(2)31-27(23-12-14-33(6,7)15-13-23)20-29(34-30(31)17-21)25-18-24-10-8-9-11-26(24)28(19-25)32(3,4)5;1-6(2)7(14)5-8(15)9(3,4)10(11,12)13;/h8-11,16-17,19-20,23H,12-15H2,1-7H3;5-6,15H,1-4H3;/q-1;;/b;8-5-;. The fraction of sp³-hybridized carbons (Fsp3) is 0.488. The van der Waals surface area contributed by atoms with Gasteiger partial charge in [0.15, 0.2) is 5.78 Å². The van der Waals surface area contributed by atoms with Crippen LogP contribution in [0.15, 0.2) is 60.4 Å². The number of aliphatic hydroxyl groups is 1. The number of aliphatic hydroxyl groups excluding tert-OH is 1. The molecule has 50 heavy (non-hydrogen) atoms. The fourth-order valence-corrected chi connectivity index (χ4v) is 6.58. The van der Waals surface area contributed by atoms with Crippen LogP contribution >= 0.6 is 0 Å². The summed E-state index contributed by atoms with van der Waals surface area (Å²) in [7, 11) is 0. The van der Waals surface area contributed by atoms with Crippen LogP contribution in [-0.2, 0) is 30.3 Å². The summed E-state index contributed by atoms with van der Waals surface area (Å²) in [5.74, 6) is -1.31. The number of alkyl halides is 3. The summed E-state index contributed by atoms with van der Waals surface area (Å²) in [5.41, 5.74) is 6.91. The van der Waals surface area contributed by atoms with E-state index >= 15 is 0 Å². The molecule has 273 valence electrons. The monoisotopic (exact) mass is 865 g/mol. The molecule has 7 heteroatoms. The predicted octanol–water partition coefficient (Wildman–Crippen LogP) is 12.7. The van der Waals surface area contributed by atoms with Crippen LogP contribution in [-0.4, -0.2) is 22.1 Å². The van der Waals surface area contributed by atoms with Crippen molar-refractivity contribution in [1.82, 2.24) is 4.98 Å². The summed E-state index contributed by atoms with van der Waals surface area (Å²) in [5, 5.41) is 13.1. The zero-order chi connectivity index (χ0) is 36.7. The third-order valence-electron chi connectivity index (χ3n) is 10.1. The molecule has 3 aromatic carbocycles. The number of benzene rings is 3. The molecule has 0 aliphatic heterocycles. The van der Waals surface area contributed by atoms with Crippen LogP contribution in [0, 0.1) is 36.7 Å². The maximum Gasteiger partial charge on any atom is 0.400 e. The molecule has 4 aromatic rings. The quantitative estimate of drug-likeness (QED) is 0.124. The van der Waals surface area contributed by atoms with Crippen LogP contribution in [0.1, 0.15) is 116 Å². The van der Waals surface area contributed by atoms with Gasteiger partial charge in [-0.25, -0.2) is 0 Å². The number of carbonyl (C=O) groups is 1. The van der Waals surface area contributed by atoms with Crippen molar-refractivity contribution in [3.05, 3.63) is 88.7 Å². The summed E-state index contributed by atoms with van der Waals surface area (Å²) in [6.07, 6.45) is 1.17. The molecule has 1 aromatic heterocycles. The Balaban J connectivity index is 0.000000361. The summed E-state index contributed by atoms with van der Waals surface area (Å²) >= 11 is 0. The first kappa shape index (κ1) is 41.4. The van der Waals surface area contributed by atoms with Gasteiger partial charge in [-0.1, -0.05) is 89.7 Å².